The molecular weight excluding hydrogens is 218 g/mol. The zero-order valence-electron chi connectivity index (χ0n) is 8.78. The summed E-state index contributed by atoms with van der Waals surface area (Å²) in [5.74, 6) is 0.221. The summed E-state index contributed by atoms with van der Waals surface area (Å²) in [6, 6.07) is 7.99. The number of nitrogens with zero attached hydrogens (tertiary/aromatic N) is 5. The molecule has 2 N–H and O–H groups in total. The number of aromatic amines is 1. The van der Waals surface area contributed by atoms with Crippen molar-refractivity contribution in [3.63, 3.8) is 0 Å². The highest BCUT2D eigenvalue weighted by molar-refractivity contribution is 5.70. The number of hydrogen-bond acceptors (Lipinski definition) is 6. The van der Waals surface area contributed by atoms with E-state index in [0.717, 1.165) is 11.3 Å². The lowest BCUT2D eigenvalue weighted by molar-refractivity contribution is 0.849. The molecule has 7 heteroatoms. The molecule has 3 rings (SSSR count). The molecular formula is C10H9N7. The summed E-state index contributed by atoms with van der Waals surface area (Å²) in [7, 11) is 0. The van der Waals surface area contributed by atoms with Gasteiger partial charge in [0.2, 0.25) is 0 Å². The van der Waals surface area contributed by atoms with Gasteiger partial charge in [0.25, 0.3) is 0 Å². The fraction of sp³-hybridized carbons (Fsp3) is 0.100. The van der Waals surface area contributed by atoms with Crippen molar-refractivity contribution in [3.8, 4) is 0 Å². The molecule has 1 aliphatic rings. The zero-order chi connectivity index (χ0) is 11.5. The number of fused-ring (bicyclic) bond motifs is 1. The van der Waals surface area contributed by atoms with Gasteiger partial charge in [0.1, 0.15) is 0 Å². The smallest absolute Gasteiger partial charge is 0.307 e. The number of rotatable bonds is 2. The molecule has 1 aliphatic heterocycles. The number of nitrogens with one attached hydrogen (secondary N) is 2. The lowest BCUT2D eigenvalue weighted by Crippen LogP contribution is -2.16. The van der Waals surface area contributed by atoms with Crippen molar-refractivity contribution in [1.29, 1.82) is 0 Å². The first-order chi connectivity index (χ1) is 8.42. The Kier molecular flexibility index (Phi) is 2.34. The van der Waals surface area contributed by atoms with E-state index in [4.69, 9.17) is 0 Å². The van der Waals surface area contributed by atoms with Crippen LogP contribution in [-0.2, 0) is 0 Å². The van der Waals surface area contributed by atoms with Crippen molar-refractivity contribution in [2.75, 3.05) is 5.32 Å². The highest BCUT2D eigenvalue weighted by atomic mass is 15.5. The minimum atomic E-state index is -0.205. The Hall–Kier alpha value is -2.57. The molecule has 17 heavy (non-hydrogen) atoms. The predicted molar refractivity (Wildman–Crippen MR) is 61.6 cm³/mol. The minimum absolute atomic E-state index is 0.205. The van der Waals surface area contributed by atoms with E-state index in [1.165, 1.54) is 0 Å². The Bertz CT molecular complexity index is 558. The van der Waals surface area contributed by atoms with Crippen LogP contribution in [0.2, 0.25) is 0 Å². The first kappa shape index (κ1) is 9.64. The molecule has 1 aromatic heterocycles. The van der Waals surface area contributed by atoms with Crippen molar-refractivity contribution in [1.82, 2.24) is 20.6 Å². The van der Waals surface area contributed by atoms with Crippen molar-refractivity contribution in [2.24, 2.45) is 10.2 Å². The maximum atomic E-state index is 4.07. The first-order valence-electron chi connectivity index (χ1n) is 5.10. The second-order valence-electron chi connectivity index (χ2n) is 3.46. The summed E-state index contributed by atoms with van der Waals surface area (Å²) in [6.07, 6.45) is 3.72. The molecule has 1 aromatic carbocycles. The summed E-state index contributed by atoms with van der Waals surface area (Å²) < 4.78 is 0. The molecule has 0 radical (unpaired) electrons. The van der Waals surface area contributed by atoms with E-state index in [1.54, 1.807) is 0 Å². The van der Waals surface area contributed by atoms with Gasteiger partial charge in [-0.2, -0.15) is 10.3 Å². The van der Waals surface area contributed by atoms with Crippen LogP contribution in [0, 0.1) is 0 Å². The first-order valence-corrected chi connectivity index (χ1v) is 5.10. The van der Waals surface area contributed by atoms with Gasteiger partial charge in [0.15, 0.2) is 6.17 Å². The summed E-state index contributed by atoms with van der Waals surface area (Å²) in [6.45, 7) is 0. The van der Waals surface area contributed by atoms with E-state index >= 15 is 0 Å². The predicted octanol–water partition coefficient (Wildman–Crippen LogP) is 1.75. The number of azo groups is 1. The topological polar surface area (TPSA) is 91.2 Å². The number of para-hydroxylation sites is 1. The molecule has 0 spiro atoms. The van der Waals surface area contributed by atoms with Crippen molar-refractivity contribution >= 4 is 17.7 Å². The Balaban J connectivity index is 1.77. The van der Waals surface area contributed by atoms with Crippen LogP contribution in [0.5, 0.6) is 0 Å². The van der Waals surface area contributed by atoms with Gasteiger partial charge in [0, 0.05) is 5.69 Å². The highest BCUT2D eigenvalue weighted by Crippen LogP contribution is 2.23. The third kappa shape index (κ3) is 2.03. The van der Waals surface area contributed by atoms with Gasteiger partial charge in [-0.15, -0.1) is 10.2 Å². The summed E-state index contributed by atoms with van der Waals surface area (Å²) >= 11 is 0. The van der Waals surface area contributed by atoms with Crippen LogP contribution in [0.4, 0.5) is 11.6 Å². The van der Waals surface area contributed by atoms with Gasteiger partial charge in [0.05, 0.1) is 0 Å². The second kappa shape index (κ2) is 4.12. The van der Waals surface area contributed by atoms with Gasteiger partial charge in [-0.25, -0.2) is 0 Å². The lowest BCUT2D eigenvalue weighted by Gasteiger charge is -2.17. The SMILES string of the molecule is C1=CC(N=Nc2nn[nH]n2)Nc2ccccc21. The molecule has 0 aliphatic carbocycles. The Labute approximate surface area is 96.7 Å². The Morgan fingerprint density at radius 1 is 1.24 bits per heavy atom. The van der Waals surface area contributed by atoms with Crippen LogP contribution in [0.1, 0.15) is 5.56 Å². The van der Waals surface area contributed by atoms with Gasteiger partial charge in [-0.05, 0) is 22.9 Å². The molecule has 2 aromatic rings. The van der Waals surface area contributed by atoms with Crippen LogP contribution >= 0.6 is 0 Å². The van der Waals surface area contributed by atoms with E-state index in [-0.39, 0.29) is 12.1 Å². The minimum Gasteiger partial charge on any atom is -0.359 e. The van der Waals surface area contributed by atoms with E-state index in [9.17, 15) is 0 Å². The normalized spacial score (nSPS) is 18.0. The fourth-order valence-electron chi connectivity index (χ4n) is 1.56. The molecule has 0 saturated carbocycles. The average Bonchev–Trinajstić information content (AvgIpc) is 2.89. The van der Waals surface area contributed by atoms with Crippen LogP contribution in [0.25, 0.3) is 6.08 Å². The third-order valence-corrected chi connectivity index (χ3v) is 2.33. The number of hydrogen-bond donors (Lipinski definition) is 2. The summed E-state index contributed by atoms with van der Waals surface area (Å²) in [5.41, 5.74) is 2.17. The molecule has 7 nitrogen and oxygen atoms in total. The number of tetrazole rings is 1. The van der Waals surface area contributed by atoms with Gasteiger partial charge in [-0.3, -0.25) is 0 Å². The summed E-state index contributed by atoms with van der Waals surface area (Å²) in [4.78, 5) is 0. The van der Waals surface area contributed by atoms with Crippen LogP contribution in [-0.4, -0.2) is 26.8 Å². The molecule has 2 heterocycles. The Morgan fingerprint density at radius 2 is 2.18 bits per heavy atom. The number of anilines is 1. The van der Waals surface area contributed by atoms with Crippen molar-refractivity contribution in [2.45, 2.75) is 6.17 Å². The van der Waals surface area contributed by atoms with Crippen LogP contribution in [0.15, 0.2) is 40.6 Å². The number of aromatic nitrogens is 4. The quantitative estimate of drug-likeness (QED) is 0.764. The highest BCUT2D eigenvalue weighted by Gasteiger charge is 2.10. The maximum absolute atomic E-state index is 4.07. The van der Waals surface area contributed by atoms with Crippen molar-refractivity contribution in [3.05, 3.63) is 35.9 Å². The Morgan fingerprint density at radius 3 is 3.06 bits per heavy atom. The van der Waals surface area contributed by atoms with E-state index < -0.39 is 0 Å². The second-order valence-corrected chi connectivity index (χ2v) is 3.46. The molecule has 84 valence electrons. The fourth-order valence-corrected chi connectivity index (χ4v) is 1.56. The molecule has 1 unspecified atom stereocenters. The van der Waals surface area contributed by atoms with E-state index in [2.05, 4.69) is 36.2 Å². The lowest BCUT2D eigenvalue weighted by atomic mass is 10.1. The third-order valence-electron chi connectivity index (χ3n) is 2.33. The van der Waals surface area contributed by atoms with Gasteiger partial charge < -0.3 is 5.32 Å². The number of benzene rings is 1. The largest absolute Gasteiger partial charge is 0.359 e. The van der Waals surface area contributed by atoms with Gasteiger partial charge in [-0.1, -0.05) is 29.4 Å². The van der Waals surface area contributed by atoms with Gasteiger partial charge >= 0.3 is 5.95 Å². The average molecular weight is 227 g/mol. The number of H-pyrrole nitrogens is 1. The van der Waals surface area contributed by atoms with E-state index in [1.807, 2.05) is 36.4 Å². The maximum Gasteiger partial charge on any atom is 0.307 e. The monoisotopic (exact) mass is 227 g/mol. The van der Waals surface area contributed by atoms with Crippen LogP contribution < -0.4 is 5.32 Å². The molecule has 0 fully saturated rings. The summed E-state index contributed by atoms with van der Waals surface area (Å²) in [5, 5.41) is 24.2. The molecule has 0 amide bonds. The van der Waals surface area contributed by atoms with Crippen molar-refractivity contribution < 1.29 is 0 Å². The zero-order valence-corrected chi connectivity index (χ0v) is 8.78. The standard InChI is InChI=1S/C10H9N7/c1-2-4-8-7(3-1)5-6-9(11-8)12-13-10-14-16-17-15-10/h1-6,9,11H,(H,14,15,16,17). The molecule has 0 bridgehead atoms. The molecule has 0 saturated heterocycles. The van der Waals surface area contributed by atoms with Crippen LogP contribution in [0.3, 0.4) is 0 Å². The molecule has 1 atom stereocenters. The van der Waals surface area contributed by atoms with E-state index in [0.29, 0.717) is 0 Å².